The minimum atomic E-state index is -1.22. The van der Waals surface area contributed by atoms with Gasteiger partial charge in [-0.25, -0.2) is 13.2 Å². The van der Waals surface area contributed by atoms with E-state index < -0.39 is 23.4 Å². The molecule has 1 fully saturated rings. The van der Waals surface area contributed by atoms with E-state index in [9.17, 15) is 18.0 Å². The zero-order valence-electron chi connectivity index (χ0n) is 13.9. The standard InChI is InChI=1S/C18H17F3IN3O/c1-9(23)10-7-25(8-10)18(26)12-3-4-13(19)16(21)17(12)24-15-5-2-11(22)6-14(15)20/h2-6,9-10,24H,7-8,23H2,1H3/t9-/m1/s1. The number of nitrogens with two attached hydrogens (primary N) is 1. The number of nitrogens with zero attached hydrogens (tertiary/aromatic N) is 1. The van der Waals surface area contributed by atoms with E-state index in [1.807, 2.05) is 29.5 Å². The average molecular weight is 475 g/mol. The van der Waals surface area contributed by atoms with Crippen molar-refractivity contribution < 1.29 is 18.0 Å². The Bertz CT molecular complexity index is 854. The minimum Gasteiger partial charge on any atom is -0.350 e. The molecule has 0 saturated carbocycles. The van der Waals surface area contributed by atoms with Crippen LogP contribution in [-0.4, -0.2) is 29.9 Å². The Hall–Kier alpha value is -1.81. The van der Waals surface area contributed by atoms with Gasteiger partial charge < -0.3 is 16.0 Å². The summed E-state index contributed by atoms with van der Waals surface area (Å²) in [5, 5.41) is 2.53. The lowest BCUT2D eigenvalue weighted by atomic mass is 9.92. The lowest BCUT2D eigenvalue weighted by molar-refractivity contribution is 0.0464. The highest BCUT2D eigenvalue weighted by Gasteiger charge is 2.35. The quantitative estimate of drug-likeness (QED) is 0.661. The Balaban J connectivity index is 1.92. The van der Waals surface area contributed by atoms with Crippen molar-refractivity contribution in [2.24, 2.45) is 11.7 Å². The van der Waals surface area contributed by atoms with Gasteiger partial charge in [-0.2, -0.15) is 0 Å². The molecule has 2 aromatic rings. The lowest BCUT2D eigenvalue weighted by Gasteiger charge is -2.41. The summed E-state index contributed by atoms with van der Waals surface area (Å²) < 4.78 is 42.8. The first kappa shape index (κ1) is 19.0. The van der Waals surface area contributed by atoms with Gasteiger partial charge in [-0.1, -0.05) is 0 Å². The highest BCUT2D eigenvalue weighted by Crippen LogP contribution is 2.31. The van der Waals surface area contributed by atoms with Crippen LogP contribution in [0.4, 0.5) is 24.5 Å². The van der Waals surface area contributed by atoms with Crippen LogP contribution in [0.25, 0.3) is 0 Å². The van der Waals surface area contributed by atoms with Gasteiger partial charge in [-0.05, 0) is 59.8 Å². The Morgan fingerprint density at radius 1 is 1.23 bits per heavy atom. The summed E-state index contributed by atoms with van der Waals surface area (Å²) in [5.41, 5.74) is 5.33. The second-order valence-corrected chi connectivity index (χ2v) is 7.61. The number of hydrogen-bond donors (Lipinski definition) is 2. The van der Waals surface area contributed by atoms with E-state index in [1.54, 1.807) is 6.07 Å². The van der Waals surface area contributed by atoms with Crippen LogP contribution < -0.4 is 11.1 Å². The predicted octanol–water partition coefficient (Wildman–Crippen LogP) is 3.87. The second kappa shape index (κ2) is 7.43. The zero-order chi connectivity index (χ0) is 19.0. The summed E-state index contributed by atoms with van der Waals surface area (Å²) in [4.78, 5) is 14.2. The third-order valence-corrected chi connectivity index (χ3v) is 5.13. The monoisotopic (exact) mass is 475 g/mol. The van der Waals surface area contributed by atoms with E-state index in [-0.39, 0.29) is 28.9 Å². The molecule has 0 radical (unpaired) electrons. The number of halogens is 4. The minimum absolute atomic E-state index is 0.0407. The van der Waals surface area contributed by atoms with Gasteiger partial charge in [0, 0.05) is 28.6 Å². The summed E-state index contributed by atoms with van der Waals surface area (Å²) in [5.74, 6) is -3.24. The normalized spacial score (nSPS) is 15.5. The number of carbonyl (C=O) groups excluding carboxylic acids is 1. The summed E-state index contributed by atoms with van der Waals surface area (Å²) in [6, 6.07) is 6.32. The van der Waals surface area contributed by atoms with Gasteiger partial charge in [0.2, 0.25) is 0 Å². The first-order valence-corrected chi connectivity index (χ1v) is 9.10. The fourth-order valence-corrected chi connectivity index (χ4v) is 3.21. The second-order valence-electron chi connectivity index (χ2n) is 6.36. The van der Waals surface area contributed by atoms with Crippen LogP contribution in [0.5, 0.6) is 0 Å². The summed E-state index contributed by atoms with van der Waals surface area (Å²) in [7, 11) is 0. The molecule has 1 aliphatic rings. The molecule has 0 aliphatic carbocycles. The fraction of sp³-hybridized carbons (Fsp3) is 0.278. The van der Waals surface area contributed by atoms with E-state index in [0.29, 0.717) is 16.7 Å². The maximum atomic E-state index is 14.4. The van der Waals surface area contributed by atoms with Crippen molar-refractivity contribution in [2.75, 3.05) is 18.4 Å². The van der Waals surface area contributed by atoms with Crippen molar-refractivity contribution in [3.05, 3.63) is 56.9 Å². The number of carbonyl (C=O) groups is 1. The highest BCUT2D eigenvalue weighted by molar-refractivity contribution is 14.1. The molecule has 1 aliphatic heterocycles. The molecule has 0 bridgehead atoms. The predicted molar refractivity (Wildman–Crippen MR) is 102 cm³/mol. The molecule has 0 aromatic heterocycles. The van der Waals surface area contributed by atoms with Crippen molar-refractivity contribution in [1.82, 2.24) is 4.90 Å². The van der Waals surface area contributed by atoms with Crippen LogP contribution >= 0.6 is 22.6 Å². The Kier molecular flexibility index (Phi) is 5.42. The Labute approximate surface area is 162 Å². The number of hydrogen-bond acceptors (Lipinski definition) is 3. The molecule has 0 spiro atoms. The molecule has 3 N–H and O–H groups in total. The topological polar surface area (TPSA) is 58.4 Å². The van der Waals surface area contributed by atoms with Crippen molar-refractivity contribution in [1.29, 1.82) is 0 Å². The average Bonchev–Trinajstić information content (AvgIpc) is 2.52. The van der Waals surface area contributed by atoms with Crippen LogP contribution in [0, 0.1) is 26.9 Å². The first-order chi connectivity index (χ1) is 12.3. The van der Waals surface area contributed by atoms with Crippen LogP contribution in [0.1, 0.15) is 17.3 Å². The molecule has 4 nitrogen and oxygen atoms in total. The number of anilines is 2. The number of amides is 1. The molecule has 1 saturated heterocycles. The van der Waals surface area contributed by atoms with Crippen molar-refractivity contribution in [3.8, 4) is 0 Å². The number of rotatable bonds is 4. The molecule has 138 valence electrons. The maximum Gasteiger partial charge on any atom is 0.256 e. The number of nitrogens with one attached hydrogen (secondary N) is 1. The fourth-order valence-electron chi connectivity index (χ4n) is 2.76. The highest BCUT2D eigenvalue weighted by atomic mass is 127. The van der Waals surface area contributed by atoms with E-state index in [0.717, 1.165) is 6.07 Å². The van der Waals surface area contributed by atoms with Gasteiger partial charge in [0.15, 0.2) is 11.6 Å². The van der Waals surface area contributed by atoms with Gasteiger partial charge in [0.05, 0.1) is 16.9 Å². The maximum absolute atomic E-state index is 14.4. The Morgan fingerprint density at radius 3 is 2.54 bits per heavy atom. The van der Waals surface area contributed by atoms with Crippen LogP contribution in [0.15, 0.2) is 30.3 Å². The third-order valence-electron chi connectivity index (χ3n) is 4.46. The van der Waals surface area contributed by atoms with Gasteiger partial charge in [-0.15, -0.1) is 0 Å². The molecule has 26 heavy (non-hydrogen) atoms. The molecular formula is C18H17F3IN3O. The molecule has 1 amide bonds. The summed E-state index contributed by atoms with van der Waals surface area (Å²) in [6.45, 7) is 2.76. The largest absolute Gasteiger partial charge is 0.350 e. The van der Waals surface area contributed by atoms with Crippen molar-refractivity contribution in [2.45, 2.75) is 13.0 Å². The van der Waals surface area contributed by atoms with E-state index in [2.05, 4.69) is 5.32 Å². The van der Waals surface area contributed by atoms with Crippen LogP contribution in [0.2, 0.25) is 0 Å². The molecule has 8 heteroatoms. The van der Waals surface area contributed by atoms with E-state index in [4.69, 9.17) is 5.73 Å². The van der Waals surface area contributed by atoms with Crippen molar-refractivity contribution >= 4 is 39.9 Å². The van der Waals surface area contributed by atoms with Crippen molar-refractivity contribution in [3.63, 3.8) is 0 Å². The van der Waals surface area contributed by atoms with Crippen LogP contribution in [-0.2, 0) is 0 Å². The molecule has 3 rings (SSSR count). The smallest absolute Gasteiger partial charge is 0.256 e. The van der Waals surface area contributed by atoms with E-state index >= 15 is 0 Å². The van der Waals surface area contributed by atoms with Crippen LogP contribution in [0.3, 0.4) is 0 Å². The number of benzene rings is 2. The van der Waals surface area contributed by atoms with E-state index in [1.165, 1.54) is 23.1 Å². The molecule has 1 atom stereocenters. The molecule has 1 heterocycles. The van der Waals surface area contributed by atoms with Gasteiger partial charge in [0.25, 0.3) is 5.91 Å². The molecule has 0 unspecified atom stereocenters. The first-order valence-electron chi connectivity index (χ1n) is 8.03. The Morgan fingerprint density at radius 2 is 1.92 bits per heavy atom. The van der Waals surface area contributed by atoms with Gasteiger partial charge in [0.1, 0.15) is 5.82 Å². The zero-order valence-corrected chi connectivity index (χ0v) is 16.1. The SMILES string of the molecule is C[C@@H](N)C1CN(C(=O)c2ccc(F)c(F)c2Nc2ccc(I)cc2F)C1. The summed E-state index contributed by atoms with van der Waals surface area (Å²) >= 11 is 1.94. The molecular weight excluding hydrogens is 458 g/mol. The van der Waals surface area contributed by atoms with Gasteiger partial charge >= 0.3 is 0 Å². The lowest BCUT2D eigenvalue weighted by Crippen LogP contribution is -2.55. The molecule has 2 aromatic carbocycles. The third kappa shape index (κ3) is 3.66. The summed E-state index contributed by atoms with van der Waals surface area (Å²) in [6.07, 6.45) is 0. The number of likely N-dealkylation sites (tertiary alicyclic amines) is 1. The van der Waals surface area contributed by atoms with Gasteiger partial charge in [-0.3, -0.25) is 4.79 Å².